The van der Waals surface area contributed by atoms with Gasteiger partial charge in [0.2, 0.25) is 0 Å². The van der Waals surface area contributed by atoms with Gasteiger partial charge in [-0.3, -0.25) is 0 Å². The van der Waals surface area contributed by atoms with E-state index in [2.05, 4.69) is 0 Å². The number of aryl methyl sites for hydroxylation is 1. The number of aliphatic hydroxyl groups is 2. The molecular formula is C17H26O4S. The third-order valence-electron chi connectivity index (χ3n) is 5.10. The van der Waals surface area contributed by atoms with E-state index in [-0.39, 0.29) is 23.7 Å². The zero-order chi connectivity index (χ0) is 16.8. The van der Waals surface area contributed by atoms with Crippen LogP contribution in [0.2, 0.25) is 0 Å². The van der Waals surface area contributed by atoms with Crippen LogP contribution in [-0.2, 0) is 9.84 Å². The maximum atomic E-state index is 13.0. The van der Waals surface area contributed by atoms with Gasteiger partial charge in [-0.25, -0.2) is 8.42 Å². The highest BCUT2D eigenvalue weighted by molar-refractivity contribution is 7.92. The number of hydrogen-bond donors (Lipinski definition) is 2. The van der Waals surface area contributed by atoms with Crippen LogP contribution in [0.15, 0.2) is 29.2 Å². The van der Waals surface area contributed by atoms with E-state index in [4.69, 9.17) is 0 Å². The third kappa shape index (κ3) is 3.07. The fourth-order valence-corrected chi connectivity index (χ4v) is 5.27. The predicted octanol–water partition coefficient (Wildman–Crippen LogP) is 2.46. The molecule has 1 aliphatic carbocycles. The van der Waals surface area contributed by atoms with Crippen molar-refractivity contribution in [1.29, 1.82) is 0 Å². The molecule has 1 saturated carbocycles. The Bertz CT molecular complexity index is 631. The van der Waals surface area contributed by atoms with E-state index in [9.17, 15) is 18.6 Å². The molecule has 1 aliphatic rings. The first-order valence-corrected chi connectivity index (χ1v) is 9.29. The second-order valence-electron chi connectivity index (χ2n) is 7.17. The van der Waals surface area contributed by atoms with Gasteiger partial charge in [0.25, 0.3) is 0 Å². The van der Waals surface area contributed by atoms with Crippen molar-refractivity contribution in [2.75, 3.05) is 0 Å². The second kappa shape index (κ2) is 5.62. The lowest BCUT2D eigenvalue weighted by Crippen LogP contribution is -2.56. The standard InChI is InChI=1S/C17H26O4S/c1-12(2)17(19)10-9-16(4,18)15(11-17)22(20,21)14-7-5-13(3)6-8-14/h5-8,12,15,18-19H,9-11H2,1-4H3/t15-,16-,17-/m0/s1. The van der Waals surface area contributed by atoms with Crippen molar-refractivity contribution in [3.63, 3.8) is 0 Å². The Morgan fingerprint density at radius 2 is 1.68 bits per heavy atom. The van der Waals surface area contributed by atoms with Crippen LogP contribution in [0.25, 0.3) is 0 Å². The molecule has 1 aromatic rings. The van der Waals surface area contributed by atoms with Crippen LogP contribution < -0.4 is 0 Å². The first kappa shape index (κ1) is 17.4. The summed E-state index contributed by atoms with van der Waals surface area (Å²) in [6, 6.07) is 6.64. The molecule has 0 heterocycles. The first-order chi connectivity index (χ1) is 9.99. The van der Waals surface area contributed by atoms with Gasteiger partial charge in [0.1, 0.15) is 0 Å². The lowest BCUT2D eigenvalue weighted by Gasteiger charge is -2.46. The van der Waals surface area contributed by atoms with Crippen molar-refractivity contribution in [1.82, 2.24) is 0 Å². The Hall–Kier alpha value is -0.910. The maximum Gasteiger partial charge on any atom is 0.184 e. The second-order valence-corrected chi connectivity index (χ2v) is 9.30. The number of benzene rings is 1. The van der Waals surface area contributed by atoms with Gasteiger partial charge >= 0.3 is 0 Å². The van der Waals surface area contributed by atoms with Crippen LogP contribution in [-0.4, -0.2) is 35.1 Å². The number of hydrogen-bond acceptors (Lipinski definition) is 4. The Kier molecular flexibility index (Phi) is 4.46. The zero-order valence-corrected chi connectivity index (χ0v) is 14.5. The van der Waals surface area contributed by atoms with E-state index in [1.165, 1.54) is 0 Å². The molecule has 0 saturated heterocycles. The average Bonchev–Trinajstić information content (AvgIpc) is 2.42. The molecule has 5 heteroatoms. The van der Waals surface area contributed by atoms with Crippen LogP contribution in [0.4, 0.5) is 0 Å². The molecule has 0 radical (unpaired) electrons. The molecule has 2 N–H and O–H groups in total. The Balaban J connectivity index is 2.44. The summed E-state index contributed by atoms with van der Waals surface area (Å²) in [4.78, 5) is 0.205. The summed E-state index contributed by atoms with van der Waals surface area (Å²) in [5, 5.41) is 20.3. The fraction of sp³-hybridized carbons (Fsp3) is 0.647. The van der Waals surface area contributed by atoms with Gasteiger partial charge in [0.15, 0.2) is 9.84 Å². The van der Waals surface area contributed by atoms with E-state index >= 15 is 0 Å². The van der Waals surface area contributed by atoms with Gasteiger partial charge in [-0.15, -0.1) is 0 Å². The van der Waals surface area contributed by atoms with Crippen molar-refractivity contribution in [2.24, 2.45) is 5.92 Å². The van der Waals surface area contributed by atoms with Gasteiger partial charge in [0, 0.05) is 0 Å². The molecule has 0 unspecified atom stereocenters. The van der Waals surface area contributed by atoms with Gasteiger partial charge in [-0.2, -0.15) is 0 Å². The van der Waals surface area contributed by atoms with E-state index in [1.54, 1.807) is 31.2 Å². The summed E-state index contributed by atoms with van der Waals surface area (Å²) in [5.74, 6) is -0.0562. The zero-order valence-electron chi connectivity index (χ0n) is 13.7. The van der Waals surface area contributed by atoms with E-state index in [1.807, 2.05) is 20.8 Å². The van der Waals surface area contributed by atoms with Gasteiger partial charge in [-0.1, -0.05) is 31.5 Å². The van der Waals surface area contributed by atoms with E-state index in [0.29, 0.717) is 6.42 Å². The third-order valence-corrected chi connectivity index (χ3v) is 7.45. The number of rotatable bonds is 3. The molecule has 0 aliphatic heterocycles. The normalized spacial score (nSPS) is 33.1. The monoisotopic (exact) mass is 326 g/mol. The van der Waals surface area contributed by atoms with E-state index < -0.39 is 26.3 Å². The number of sulfone groups is 1. The van der Waals surface area contributed by atoms with Crippen molar-refractivity contribution in [3.8, 4) is 0 Å². The average molecular weight is 326 g/mol. The highest BCUT2D eigenvalue weighted by Gasteiger charge is 2.52. The first-order valence-electron chi connectivity index (χ1n) is 7.74. The summed E-state index contributed by atoms with van der Waals surface area (Å²) in [7, 11) is -3.70. The largest absolute Gasteiger partial charge is 0.390 e. The molecule has 0 amide bonds. The van der Waals surface area contributed by atoms with E-state index in [0.717, 1.165) is 5.56 Å². The molecule has 1 fully saturated rings. The molecule has 22 heavy (non-hydrogen) atoms. The van der Waals surface area contributed by atoms with Crippen LogP contribution >= 0.6 is 0 Å². The summed E-state index contributed by atoms with van der Waals surface area (Å²) in [6.07, 6.45) is 0.753. The molecule has 4 nitrogen and oxygen atoms in total. The lowest BCUT2D eigenvalue weighted by molar-refractivity contribution is -0.0918. The Morgan fingerprint density at radius 3 is 2.18 bits per heavy atom. The lowest BCUT2D eigenvalue weighted by atomic mass is 9.71. The summed E-state index contributed by atoms with van der Waals surface area (Å²) < 4.78 is 25.9. The van der Waals surface area contributed by atoms with Gasteiger partial charge < -0.3 is 10.2 Å². The van der Waals surface area contributed by atoms with Crippen molar-refractivity contribution in [2.45, 2.75) is 68.3 Å². The molecule has 0 aromatic heterocycles. The van der Waals surface area contributed by atoms with Crippen LogP contribution in [0.1, 0.15) is 45.6 Å². The molecule has 0 spiro atoms. The van der Waals surface area contributed by atoms with Gasteiger partial charge in [0.05, 0.1) is 21.3 Å². The maximum absolute atomic E-state index is 13.0. The topological polar surface area (TPSA) is 74.6 Å². The highest BCUT2D eigenvalue weighted by Crippen LogP contribution is 2.43. The quantitative estimate of drug-likeness (QED) is 0.895. The summed E-state index contributed by atoms with van der Waals surface area (Å²) in [6.45, 7) is 7.22. The molecule has 124 valence electrons. The van der Waals surface area contributed by atoms with Crippen molar-refractivity contribution < 1.29 is 18.6 Å². The van der Waals surface area contributed by atoms with Crippen molar-refractivity contribution >= 4 is 9.84 Å². The van der Waals surface area contributed by atoms with Crippen LogP contribution in [0.5, 0.6) is 0 Å². The molecular weight excluding hydrogens is 300 g/mol. The SMILES string of the molecule is Cc1ccc(S(=O)(=O)[C@H]2C[C@](O)(C(C)C)CC[C@]2(C)O)cc1. The van der Waals surface area contributed by atoms with Crippen molar-refractivity contribution in [3.05, 3.63) is 29.8 Å². The predicted molar refractivity (Wildman–Crippen MR) is 86.4 cm³/mol. The molecule has 2 rings (SSSR count). The Morgan fingerprint density at radius 1 is 1.14 bits per heavy atom. The highest BCUT2D eigenvalue weighted by atomic mass is 32.2. The smallest absolute Gasteiger partial charge is 0.184 e. The van der Waals surface area contributed by atoms with Crippen LogP contribution in [0, 0.1) is 12.8 Å². The molecule has 3 atom stereocenters. The minimum absolute atomic E-state index is 0.0562. The fourth-order valence-electron chi connectivity index (χ4n) is 3.13. The minimum Gasteiger partial charge on any atom is -0.390 e. The van der Waals surface area contributed by atoms with Crippen LogP contribution in [0.3, 0.4) is 0 Å². The van der Waals surface area contributed by atoms with Gasteiger partial charge in [-0.05, 0) is 51.2 Å². The summed E-state index contributed by atoms with van der Waals surface area (Å²) in [5.41, 5.74) is -1.40. The summed E-state index contributed by atoms with van der Waals surface area (Å²) >= 11 is 0. The molecule has 1 aromatic carbocycles. The molecule has 0 bridgehead atoms. The Labute approximate surface area is 133 Å². The minimum atomic E-state index is -3.70.